The van der Waals surface area contributed by atoms with E-state index in [9.17, 15) is 0 Å². The fraction of sp³-hybridized carbons (Fsp3) is 0.158. The summed E-state index contributed by atoms with van der Waals surface area (Å²) in [5.74, 6) is 0. The number of hydrazone groups is 1. The van der Waals surface area contributed by atoms with Crippen LogP contribution in [0.3, 0.4) is 0 Å². The highest BCUT2D eigenvalue weighted by molar-refractivity contribution is 9.10. The fourth-order valence-corrected chi connectivity index (χ4v) is 4.15. The molecule has 2 aromatic carbocycles. The van der Waals surface area contributed by atoms with Gasteiger partial charge in [-0.1, -0.05) is 51.5 Å². The van der Waals surface area contributed by atoms with E-state index in [4.69, 9.17) is 10.1 Å². The Bertz CT molecular complexity index is 957. The molecule has 0 aliphatic carbocycles. The van der Waals surface area contributed by atoms with Gasteiger partial charge in [0.25, 0.3) is 0 Å². The summed E-state index contributed by atoms with van der Waals surface area (Å²) in [6, 6.07) is 16.5. The van der Waals surface area contributed by atoms with Crippen molar-refractivity contribution in [1.29, 1.82) is 0 Å². The Hall–Kier alpha value is -2.18. The molecular weight excluding hydrogens is 396 g/mol. The van der Waals surface area contributed by atoms with E-state index in [1.807, 2.05) is 49.4 Å². The Balaban J connectivity index is 1.77. The SMILES string of the molecule is CN(C)C=C1CN(c2nc3ccccc3s2)N=C1c1cccc(Br)c1. The minimum atomic E-state index is 0.722. The van der Waals surface area contributed by atoms with E-state index in [0.29, 0.717) is 0 Å². The van der Waals surface area contributed by atoms with Crippen LogP contribution in [0.2, 0.25) is 0 Å². The quantitative estimate of drug-likeness (QED) is 0.622. The average Bonchev–Trinajstić information content (AvgIpc) is 3.18. The second-order valence-electron chi connectivity index (χ2n) is 6.10. The average molecular weight is 413 g/mol. The van der Waals surface area contributed by atoms with Crippen molar-refractivity contribution in [3.05, 3.63) is 70.3 Å². The number of fused-ring (bicyclic) bond motifs is 1. The van der Waals surface area contributed by atoms with Crippen LogP contribution in [-0.4, -0.2) is 36.2 Å². The van der Waals surface area contributed by atoms with E-state index in [-0.39, 0.29) is 0 Å². The molecule has 25 heavy (non-hydrogen) atoms. The van der Waals surface area contributed by atoms with Crippen LogP contribution >= 0.6 is 27.3 Å². The van der Waals surface area contributed by atoms with Gasteiger partial charge in [-0.2, -0.15) is 5.10 Å². The lowest BCUT2D eigenvalue weighted by atomic mass is 10.0. The zero-order valence-corrected chi connectivity index (χ0v) is 16.4. The molecule has 0 saturated heterocycles. The summed E-state index contributed by atoms with van der Waals surface area (Å²) in [6.07, 6.45) is 2.13. The lowest BCUT2D eigenvalue weighted by molar-refractivity contribution is 0.560. The molecule has 4 nitrogen and oxygen atoms in total. The van der Waals surface area contributed by atoms with Crippen molar-refractivity contribution in [3.8, 4) is 0 Å². The van der Waals surface area contributed by atoms with Crippen molar-refractivity contribution in [2.24, 2.45) is 5.10 Å². The molecule has 0 bridgehead atoms. The number of hydrogen-bond donors (Lipinski definition) is 0. The summed E-state index contributed by atoms with van der Waals surface area (Å²) in [5.41, 5.74) is 4.30. The van der Waals surface area contributed by atoms with Crippen LogP contribution in [0.15, 0.2) is 69.9 Å². The standard InChI is InChI=1S/C19H17BrN4S/c1-23(2)11-14-12-24(19-21-16-8-3-4-9-17(16)25-19)22-18(14)13-6-5-7-15(20)10-13/h3-11H,12H2,1-2H3. The normalized spacial score (nSPS) is 15.9. The smallest absolute Gasteiger partial charge is 0.207 e. The number of anilines is 1. The summed E-state index contributed by atoms with van der Waals surface area (Å²) < 4.78 is 2.23. The number of rotatable bonds is 3. The van der Waals surface area contributed by atoms with Crippen molar-refractivity contribution in [3.63, 3.8) is 0 Å². The third-order valence-electron chi connectivity index (χ3n) is 3.86. The summed E-state index contributed by atoms with van der Waals surface area (Å²) in [7, 11) is 4.07. The molecule has 4 rings (SSSR count). The van der Waals surface area contributed by atoms with Crippen LogP contribution in [0.4, 0.5) is 5.13 Å². The van der Waals surface area contributed by atoms with E-state index in [1.54, 1.807) is 11.3 Å². The Labute approximate surface area is 159 Å². The molecule has 0 N–H and O–H groups in total. The van der Waals surface area contributed by atoms with Crippen molar-refractivity contribution in [2.75, 3.05) is 25.6 Å². The topological polar surface area (TPSA) is 31.7 Å². The molecule has 1 aromatic heterocycles. The van der Waals surface area contributed by atoms with Gasteiger partial charge in [-0.25, -0.2) is 9.99 Å². The van der Waals surface area contributed by atoms with Crippen LogP contribution in [0.5, 0.6) is 0 Å². The Kier molecular flexibility index (Phi) is 4.31. The van der Waals surface area contributed by atoms with Crippen LogP contribution in [0, 0.1) is 0 Å². The number of benzene rings is 2. The minimum Gasteiger partial charge on any atom is -0.383 e. The number of halogens is 1. The largest absolute Gasteiger partial charge is 0.383 e. The van der Waals surface area contributed by atoms with Gasteiger partial charge in [0.15, 0.2) is 0 Å². The van der Waals surface area contributed by atoms with Gasteiger partial charge >= 0.3 is 0 Å². The maximum Gasteiger partial charge on any atom is 0.207 e. The molecule has 3 aromatic rings. The second-order valence-corrected chi connectivity index (χ2v) is 8.02. The summed E-state index contributed by atoms with van der Waals surface area (Å²) in [5, 5.41) is 7.80. The molecule has 0 radical (unpaired) electrons. The monoisotopic (exact) mass is 412 g/mol. The predicted molar refractivity (Wildman–Crippen MR) is 109 cm³/mol. The summed E-state index contributed by atoms with van der Waals surface area (Å²) in [4.78, 5) is 6.80. The lowest BCUT2D eigenvalue weighted by Crippen LogP contribution is -2.14. The van der Waals surface area contributed by atoms with E-state index < -0.39 is 0 Å². The molecule has 0 amide bonds. The van der Waals surface area contributed by atoms with E-state index in [2.05, 4.69) is 45.2 Å². The number of para-hydroxylation sites is 1. The van der Waals surface area contributed by atoms with Gasteiger partial charge in [0, 0.05) is 35.9 Å². The van der Waals surface area contributed by atoms with Gasteiger partial charge in [-0.15, -0.1) is 0 Å². The summed E-state index contributed by atoms with van der Waals surface area (Å²) >= 11 is 5.23. The minimum absolute atomic E-state index is 0.722. The molecule has 0 unspecified atom stereocenters. The first-order valence-corrected chi connectivity index (χ1v) is 9.56. The predicted octanol–water partition coefficient (Wildman–Crippen LogP) is 4.73. The first kappa shape index (κ1) is 16.3. The van der Waals surface area contributed by atoms with Crippen LogP contribution in [-0.2, 0) is 0 Å². The van der Waals surface area contributed by atoms with Gasteiger partial charge in [0.1, 0.15) is 0 Å². The van der Waals surface area contributed by atoms with Crippen molar-refractivity contribution < 1.29 is 0 Å². The molecule has 1 aliphatic rings. The fourth-order valence-electron chi connectivity index (χ4n) is 2.83. The number of hydrogen-bond acceptors (Lipinski definition) is 5. The zero-order valence-electron chi connectivity index (χ0n) is 14.0. The molecular formula is C19H17BrN4S. The first-order chi connectivity index (χ1) is 12.1. The molecule has 0 spiro atoms. The number of nitrogens with zero attached hydrogens (tertiary/aromatic N) is 4. The van der Waals surface area contributed by atoms with Crippen LogP contribution in [0.25, 0.3) is 10.2 Å². The maximum absolute atomic E-state index is 4.88. The second kappa shape index (κ2) is 6.61. The van der Waals surface area contributed by atoms with Crippen LogP contribution < -0.4 is 5.01 Å². The van der Waals surface area contributed by atoms with Crippen molar-refractivity contribution >= 4 is 48.3 Å². The number of aromatic nitrogens is 1. The molecule has 1 aliphatic heterocycles. The highest BCUT2D eigenvalue weighted by Crippen LogP contribution is 2.32. The third kappa shape index (κ3) is 3.32. The van der Waals surface area contributed by atoms with Crippen molar-refractivity contribution in [1.82, 2.24) is 9.88 Å². The van der Waals surface area contributed by atoms with Gasteiger partial charge in [0.2, 0.25) is 5.13 Å². The number of thiazole rings is 1. The van der Waals surface area contributed by atoms with E-state index >= 15 is 0 Å². The van der Waals surface area contributed by atoms with Gasteiger partial charge in [-0.3, -0.25) is 0 Å². The van der Waals surface area contributed by atoms with E-state index in [1.165, 1.54) is 10.3 Å². The van der Waals surface area contributed by atoms with Gasteiger partial charge < -0.3 is 4.90 Å². The molecule has 0 fully saturated rings. The van der Waals surface area contributed by atoms with E-state index in [0.717, 1.165) is 32.9 Å². The highest BCUT2D eigenvalue weighted by atomic mass is 79.9. The third-order valence-corrected chi connectivity index (χ3v) is 5.40. The maximum atomic E-state index is 4.88. The Morgan fingerprint density at radius 2 is 2.00 bits per heavy atom. The highest BCUT2D eigenvalue weighted by Gasteiger charge is 2.25. The molecule has 0 atom stereocenters. The Morgan fingerprint density at radius 1 is 1.16 bits per heavy atom. The molecule has 6 heteroatoms. The summed E-state index contributed by atoms with van der Waals surface area (Å²) in [6.45, 7) is 0.722. The molecule has 2 heterocycles. The molecule has 126 valence electrons. The lowest BCUT2D eigenvalue weighted by Gasteiger charge is -2.10. The first-order valence-electron chi connectivity index (χ1n) is 7.95. The Morgan fingerprint density at radius 3 is 2.76 bits per heavy atom. The van der Waals surface area contributed by atoms with Crippen molar-refractivity contribution in [2.45, 2.75) is 0 Å². The molecule has 0 saturated carbocycles. The van der Waals surface area contributed by atoms with Crippen LogP contribution in [0.1, 0.15) is 5.56 Å². The van der Waals surface area contributed by atoms with Gasteiger partial charge in [0.05, 0.1) is 22.5 Å². The zero-order chi connectivity index (χ0) is 17.4. The van der Waals surface area contributed by atoms with Gasteiger partial charge in [-0.05, 0) is 24.3 Å².